The van der Waals surface area contributed by atoms with Gasteiger partial charge in [0, 0.05) is 6.42 Å². The van der Waals surface area contributed by atoms with Crippen LogP contribution in [0.5, 0.6) is 0 Å². The van der Waals surface area contributed by atoms with Gasteiger partial charge in [-0.25, -0.2) is 0 Å². The second-order valence-corrected chi connectivity index (χ2v) is 6.50. The van der Waals surface area contributed by atoms with Crippen molar-refractivity contribution in [1.82, 2.24) is 0 Å². The van der Waals surface area contributed by atoms with Crippen molar-refractivity contribution in [3.63, 3.8) is 0 Å². The van der Waals surface area contributed by atoms with Crippen molar-refractivity contribution in [2.45, 2.75) is 64.2 Å². The average Bonchev–Trinajstić information content (AvgIpc) is 2.45. The number of primary amides is 1. The molecule has 20 heavy (non-hydrogen) atoms. The fourth-order valence-corrected chi connectivity index (χ4v) is 3.44. The monoisotopic (exact) mass is 273 g/mol. The lowest BCUT2D eigenvalue weighted by molar-refractivity contribution is -0.118. The molecular weight excluding hydrogens is 246 g/mol. The predicted octanol–water partition coefficient (Wildman–Crippen LogP) is 4.35. The van der Waals surface area contributed by atoms with Crippen LogP contribution in [0.25, 0.3) is 0 Å². The highest BCUT2D eigenvalue weighted by molar-refractivity contribution is 5.74. The van der Waals surface area contributed by atoms with Crippen molar-refractivity contribution >= 4 is 5.91 Å². The summed E-state index contributed by atoms with van der Waals surface area (Å²) in [6, 6.07) is 8.82. The molecule has 1 aromatic carbocycles. The first kappa shape index (κ1) is 15.1. The molecule has 0 aromatic heterocycles. The van der Waals surface area contributed by atoms with Gasteiger partial charge in [0.25, 0.3) is 0 Å². The van der Waals surface area contributed by atoms with Gasteiger partial charge in [-0.2, -0.15) is 0 Å². The summed E-state index contributed by atoms with van der Waals surface area (Å²) in [4.78, 5) is 11.4. The van der Waals surface area contributed by atoms with Crippen LogP contribution in [0, 0.1) is 5.92 Å². The maximum Gasteiger partial charge on any atom is 0.218 e. The molecule has 110 valence electrons. The number of amides is 1. The summed E-state index contributed by atoms with van der Waals surface area (Å²) >= 11 is 0. The normalized spacial score (nSPS) is 18.1. The minimum atomic E-state index is -0.173. The van der Waals surface area contributed by atoms with E-state index in [4.69, 9.17) is 5.73 Å². The SMILES string of the molecule is CC(C)c1ccc(C(CC(N)=O)C2CCCCC2)cc1. The lowest BCUT2D eigenvalue weighted by atomic mass is 9.75. The Labute approximate surface area is 122 Å². The van der Waals surface area contributed by atoms with Crippen LogP contribution in [0.3, 0.4) is 0 Å². The molecule has 1 fully saturated rings. The Morgan fingerprint density at radius 3 is 2.15 bits per heavy atom. The van der Waals surface area contributed by atoms with Crippen LogP contribution in [0.4, 0.5) is 0 Å². The quantitative estimate of drug-likeness (QED) is 0.851. The first-order valence-electron chi connectivity index (χ1n) is 7.96. The molecule has 2 rings (SSSR count). The van der Waals surface area contributed by atoms with Crippen molar-refractivity contribution in [2.24, 2.45) is 11.7 Å². The van der Waals surface area contributed by atoms with Crippen LogP contribution in [0.15, 0.2) is 24.3 Å². The van der Waals surface area contributed by atoms with Crippen molar-refractivity contribution < 1.29 is 4.79 Å². The fraction of sp³-hybridized carbons (Fsp3) is 0.611. The van der Waals surface area contributed by atoms with Crippen molar-refractivity contribution in [3.05, 3.63) is 35.4 Å². The van der Waals surface area contributed by atoms with Crippen LogP contribution >= 0.6 is 0 Å². The van der Waals surface area contributed by atoms with Crippen LogP contribution in [0.1, 0.15) is 75.3 Å². The summed E-state index contributed by atoms with van der Waals surface area (Å²) in [6.07, 6.45) is 6.90. The number of carbonyl (C=O) groups is 1. The van der Waals surface area contributed by atoms with Gasteiger partial charge >= 0.3 is 0 Å². The van der Waals surface area contributed by atoms with Gasteiger partial charge in [0.05, 0.1) is 0 Å². The van der Waals surface area contributed by atoms with Gasteiger partial charge in [0.2, 0.25) is 5.91 Å². The Balaban J connectivity index is 2.18. The topological polar surface area (TPSA) is 43.1 Å². The summed E-state index contributed by atoms with van der Waals surface area (Å²) in [6.45, 7) is 4.41. The van der Waals surface area contributed by atoms with Gasteiger partial charge in [0.15, 0.2) is 0 Å². The molecule has 1 amide bonds. The second-order valence-electron chi connectivity index (χ2n) is 6.50. The minimum absolute atomic E-state index is 0.173. The zero-order valence-electron chi connectivity index (χ0n) is 12.8. The lowest BCUT2D eigenvalue weighted by Gasteiger charge is -2.30. The maximum atomic E-state index is 11.4. The highest BCUT2D eigenvalue weighted by atomic mass is 16.1. The molecule has 0 radical (unpaired) electrons. The summed E-state index contributed by atoms with van der Waals surface area (Å²) < 4.78 is 0. The molecule has 1 atom stereocenters. The molecule has 2 heteroatoms. The molecule has 1 aliphatic rings. The Kier molecular flexibility index (Phi) is 5.22. The molecule has 2 N–H and O–H groups in total. The third-order valence-corrected chi connectivity index (χ3v) is 4.67. The van der Waals surface area contributed by atoms with Crippen LogP contribution in [-0.2, 0) is 4.79 Å². The lowest BCUT2D eigenvalue weighted by Crippen LogP contribution is -2.23. The van der Waals surface area contributed by atoms with Crippen LogP contribution in [0.2, 0.25) is 0 Å². The second kappa shape index (κ2) is 6.92. The molecule has 1 saturated carbocycles. The van der Waals surface area contributed by atoms with E-state index in [1.165, 1.54) is 43.2 Å². The van der Waals surface area contributed by atoms with E-state index in [0.29, 0.717) is 24.2 Å². The Hall–Kier alpha value is -1.31. The maximum absolute atomic E-state index is 11.4. The van der Waals surface area contributed by atoms with Gasteiger partial charge < -0.3 is 5.73 Å². The molecule has 2 nitrogen and oxygen atoms in total. The minimum Gasteiger partial charge on any atom is -0.370 e. The first-order chi connectivity index (χ1) is 9.58. The van der Waals surface area contributed by atoms with Crippen LogP contribution < -0.4 is 5.73 Å². The van der Waals surface area contributed by atoms with E-state index in [-0.39, 0.29) is 5.91 Å². The van der Waals surface area contributed by atoms with E-state index in [9.17, 15) is 4.79 Å². The highest BCUT2D eigenvalue weighted by Gasteiger charge is 2.26. The standard InChI is InChI=1S/C18H27NO/c1-13(2)14-8-10-16(11-9-14)17(12-18(19)20)15-6-4-3-5-7-15/h8-11,13,15,17H,3-7,12H2,1-2H3,(H2,19,20). The predicted molar refractivity (Wildman–Crippen MR) is 83.7 cm³/mol. The molecule has 0 bridgehead atoms. The number of benzene rings is 1. The molecule has 1 unspecified atom stereocenters. The molecule has 1 aliphatic carbocycles. The van der Waals surface area contributed by atoms with Crippen molar-refractivity contribution in [3.8, 4) is 0 Å². The zero-order chi connectivity index (χ0) is 14.5. The molecule has 0 heterocycles. The molecule has 0 spiro atoms. The van der Waals surface area contributed by atoms with E-state index in [0.717, 1.165) is 0 Å². The number of hydrogen-bond donors (Lipinski definition) is 1. The number of carbonyl (C=O) groups excluding carboxylic acids is 1. The van der Waals surface area contributed by atoms with Crippen molar-refractivity contribution in [1.29, 1.82) is 0 Å². The van der Waals surface area contributed by atoms with Gasteiger partial charge in [0.1, 0.15) is 0 Å². The number of hydrogen-bond acceptors (Lipinski definition) is 1. The van der Waals surface area contributed by atoms with E-state index >= 15 is 0 Å². The number of rotatable bonds is 5. The summed E-state index contributed by atoms with van der Waals surface area (Å²) in [7, 11) is 0. The highest BCUT2D eigenvalue weighted by Crippen LogP contribution is 2.38. The largest absolute Gasteiger partial charge is 0.370 e. The fourth-order valence-electron chi connectivity index (χ4n) is 3.44. The van der Waals surface area contributed by atoms with E-state index < -0.39 is 0 Å². The smallest absolute Gasteiger partial charge is 0.218 e. The zero-order valence-corrected chi connectivity index (χ0v) is 12.8. The van der Waals surface area contributed by atoms with E-state index in [2.05, 4.69) is 38.1 Å². The summed E-state index contributed by atoms with van der Waals surface area (Å²) in [5.41, 5.74) is 8.13. The van der Waals surface area contributed by atoms with Gasteiger partial charge in [-0.1, -0.05) is 57.4 Å². The Morgan fingerprint density at radius 1 is 1.10 bits per heavy atom. The molecule has 0 aliphatic heterocycles. The molecule has 0 saturated heterocycles. The average molecular weight is 273 g/mol. The van der Waals surface area contributed by atoms with Crippen LogP contribution in [-0.4, -0.2) is 5.91 Å². The third kappa shape index (κ3) is 3.84. The van der Waals surface area contributed by atoms with Crippen molar-refractivity contribution in [2.75, 3.05) is 0 Å². The first-order valence-corrected chi connectivity index (χ1v) is 7.96. The molecule has 1 aromatic rings. The van der Waals surface area contributed by atoms with E-state index in [1.54, 1.807) is 0 Å². The summed E-state index contributed by atoms with van der Waals surface area (Å²) in [5, 5.41) is 0. The third-order valence-electron chi connectivity index (χ3n) is 4.67. The van der Waals surface area contributed by atoms with Gasteiger partial charge in [-0.3, -0.25) is 4.79 Å². The number of nitrogens with two attached hydrogens (primary N) is 1. The van der Waals surface area contributed by atoms with Gasteiger partial charge in [-0.05, 0) is 41.7 Å². The Morgan fingerprint density at radius 2 is 1.65 bits per heavy atom. The van der Waals surface area contributed by atoms with E-state index in [1.807, 2.05) is 0 Å². The summed E-state index contributed by atoms with van der Waals surface area (Å²) in [5.74, 6) is 1.32. The molecular formula is C18H27NO. The van der Waals surface area contributed by atoms with Gasteiger partial charge in [-0.15, -0.1) is 0 Å². The Bertz CT molecular complexity index is 429.